The molecule has 0 bridgehead atoms. The highest BCUT2D eigenvalue weighted by atomic mass is 32.2. The van der Waals surface area contributed by atoms with E-state index in [1.165, 1.54) is 0 Å². The van der Waals surface area contributed by atoms with Gasteiger partial charge in [-0.15, -0.1) is 33.3 Å². The van der Waals surface area contributed by atoms with Crippen LogP contribution in [0.4, 0.5) is 0 Å². The third-order valence-electron chi connectivity index (χ3n) is 3.78. The molecule has 4 aromatic rings. The summed E-state index contributed by atoms with van der Waals surface area (Å²) in [6, 6.07) is 13.3. The SMILES string of the molecule is O=C(NCc1nnc2ccccn12)c1ccccc1SCc1cscn1. The van der Waals surface area contributed by atoms with Crippen LogP contribution in [0.15, 0.2) is 64.4 Å². The van der Waals surface area contributed by atoms with Gasteiger partial charge in [0, 0.05) is 22.2 Å². The molecule has 0 unspecified atom stereocenters. The van der Waals surface area contributed by atoms with E-state index in [0.29, 0.717) is 17.9 Å². The van der Waals surface area contributed by atoms with Crippen molar-refractivity contribution < 1.29 is 4.79 Å². The van der Waals surface area contributed by atoms with Crippen LogP contribution < -0.4 is 5.32 Å². The molecule has 0 aliphatic carbocycles. The Balaban J connectivity index is 1.46. The molecule has 0 aliphatic rings. The maximum atomic E-state index is 12.7. The summed E-state index contributed by atoms with van der Waals surface area (Å²) in [5.74, 6) is 1.31. The second-order valence-corrected chi connectivity index (χ2v) is 7.23. The first-order valence-corrected chi connectivity index (χ1v) is 9.90. The lowest BCUT2D eigenvalue weighted by atomic mass is 10.2. The minimum Gasteiger partial charge on any atom is -0.345 e. The van der Waals surface area contributed by atoms with Crippen LogP contribution in [0.5, 0.6) is 0 Å². The Labute approximate surface area is 158 Å². The Morgan fingerprint density at radius 3 is 2.92 bits per heavy atom. The maximum absolute atomic E-state index is 12.7. The molecule has 1 amide bonds. The lowest BCUT2D eigenvalue weighted by molar-refractivity contribution is 0.0947. The molecule has 0 saturated heterocycles. The highest BCUT2D eigenvalue weighted by Gasteiger charge is 2.13. The van der Waals surface area contributed by atoms with Crippen molar-refractivity contribution in [1.82, 2.24) is 24.9 Å². The smallest absolute Gasteiger partial charge is 0.252 e. The average molecular weight is 381 g/mol. The number of pyridine rings is 1. The van der Waals surface area contributed by atoms with Crippen LogP contribution in [0.25, 0.3) is 5.65 Å². The van der Waals surface area contributed by atoms with Crippen molar-refractivity contribution >= 4 is 34.7 Å². The second-order valence-electron chi connectivity index (χ2n) is 5.49. The molecule has 1 aromatic carbocycles. The highest BCUT2D eigenvalue weighted by molar-refractivity contribution is 7.98. The van der Waals surface area contributed by atoms with Crippen LogP contribution in [-0.2, 0) is 12.3 Å². The fourth-order valence-electron chi connectivity index (χ4n) is 2.51. The van der Waals surface area contributed by atoms with Crippen molar-refractivity contribution in [3.8, 4) is 0 Å². The number of carbonyl (C=O) groups excluding carboxylic acids is 1. The van der Waals surface area contributed by atoms with Crippen LogP contribution in [0.3, 0.4) is 0 Å². The molecular weight excluding hydrogens is 366 g/mol. The van der Waals surface area contributed by atoms with Gasteiger partial charge in [0.05, 0.1) is 23.3 Å². The van der Waals surface area contributed by atoms with Gasteiger partial charge in [0.15, 0.2) is 11.5 Å². The van der Waals surface area contributed by atoms with E-state index in [0.717, 1.165) is 22.0 Å². The Kier molecular flexibility index (Phi) is 4.94. The number of aromatic nitrogens is 4. The van der Waals surface area contributed by atoms with E-state index in [1.54, 1.807) is 23.1 Å². The predicted molar refractivity (Wildman–Crippen MR) is 102 cm³/mol. The van der Waals surface area contributed by atoms with Crippen LogP contribution in [0.1, 0.15) is 21.9 Å². The minimum absolute atomic E-state index is 0.126. The first kappa shape index (κ1) is 16.7. The Morgan fingerprint density at radius 1 is 1.15 bits per heavy atom. The van der Waals surface area contributed by atoms with Crippen LogP contribution >= 0.6 is 23.1 Å². The largest absolute Gasteiger partial charge is 0.345 e. The van der Waals surface area contributed by atoms with Gasteiger partial charge >= 0.3 is 0 Å². The summed E-state index contributed by atoms with van der Waals surface area (Å²) in [6.45, 7) is 0.315. The Bertz CT molecular complexity index is 1030. The number of benzene rings is 1. The monoisotopic (exact) mass is 381 g/mol. The molecule has 0 saturated carbocycles. The van der Waals surface area contributed by atoms with Gasteiger partial charge in [-0.2, -0.15) is 0 Å². The first-order chi connectivity index (χ1) is 12.8. The van der Waals surface area contributed by atoms with Crippen molar-refractivity contribution in [2.45, 2.75) is 17.2 Å². The predicted octanol–water partition coefficient (Wildman–Crippen LogP) is 3.41. The summed E-state index contributed by atoms with van der Waals surface area (Å²) in [5.41, 5.74) is 4.25. The molecule has 26 heavy (non-hydrogen) atoms. The van der Waals surface area contributed by atoms with Gasteiger partial charge < -0.3 is 5.32 Å². The first-order valence-electron chi connectivity index (χ1n) is 7.97. The molecular formula is C18H15N5OS2. The lowest BCUT2D eigenvalue weighted by Gasteiger charge is -2.09. The number of amides is 1. The average Bonchev–Trinajstić information content (AvgIpc) is 3.34. The van der Waals surface area contributed by atoms with Gasteiger partial charge in [0.2, 0.25) is 0 Å². The molecule has 1 N–H and O–H groups in total. The standard InChI is InChI=1S/C18H15N5OS2/c24-18(19-9-17-22-21-16-7-3-4-8-23(16)17)14-5-1-2-6-15(14)26-11-13-10-25-12-20-13/h1-8,10,12H,9,11H2,(H,19,24). The summed E-state index contributed by atoms with van der Waals surface area (Å²) in [4.78, 5) is 17.9. The maximum Gasteiger partial charge on any atom is 0.252 e. The number of rotatable bonds is 6. The second kappa shape index (κ2) is 7.67. The van der Waals surface area contributed by atoms with E-state index < -0.39 is 0 Å². The van der Waals surface area contributed by atoms with Gasteiger partial charge in [-0.05, 0) is 24.3 Å². The molecule has 0 fully saturated rings. The number of nitrogens with one attached hydrogen (secondary N) is 1. The lowest BCUT2D eigenvalue weighted by Crippen LogP contribution is -2.24. The topological polar surface area (TPSA) is 72.2 Å². The molecule has 0 spiro atoms. The zero-order chi connectivity index (χ0) is 17.8. The van der Waals surface area contributed by atoms with Crippen molar-refractivity contribution in [2.24, 2.45) is 0 Å². The fourth-order valence-corrected chi connectivity index (χ4v) is 4.12. The number of thiazole rings is 1. The molecule has 6 nitrogen and oxygen atoms in total. The van der Waals surface area contributed by atoms with E-state index in [1.807, 2.05) is 64.0 Å². The van der Waals surface area contributed by atoms with Gasteiger partial charge in [0.25, 0.3) is 5.91 Å². The van der Waals surface area contributed by atoms with Crippen molar-refractivity contribution in [2.75, 3.05) is 0 Å². The van der Waals surface area contributed by atoms with Crippen molar-refractivity contribution in [3.05, 3.63) is 76.6 Å². The minimum atomic E-state index is -0.126. The van der Waals surface area contributed by atoms with Gasteiger partial charge in [-0.25, -0.2) is 4.98 Å². The van der Waals surface area contributed by atoms with E-state index in [9.17, 15) is 4.79 Å². The Morgan fingerprint density at radius 2 is 2.04 bits per heavy atom. The third-order valence-corrected chi connectivity index (χ3v) is 5.52. The molecule has 0 radical (unpaired) electrons. The zero-order valence-corrected chi connectivity index (χ0v) is 15.3. The number of hydrogen-bond acceptors (Lipinski definition) is 6. The third kappa shape index (κ3) is 3.61. The Hall–Kier alpha value is -2.71. The molecule has 8 heteroatoms. The van der Waals surface area contributed by atoms with Gasteiger partial charge in [0.1, 0.15) is 0 Å². The highest BCUT2D eigenvalue weighted by Crippen LogP contribution is 2.26. The number of fused-ring (bicyclic) bond motifs is 1. The number of nitrogens with zero attached hydrogens (tertiary/aromatic N) is 4. The van der Waals surface area contributed by atoms with Crippen LogP contribution in [0.2, 0.25) is 0 Å². The number of thioether (sulfide) groups is 1. The van der Waals surface area contributed by atoms with E-state index in [-0.39, 0.29) is 5.91 Å². The quantitative estimate of drug-likeness (QED) is 0.518. The fraction of sp³-hybridized carbons (Fsp3) is 0.111. The van der Waals surface area contributed by atoms with Gasteiger partial charge in [-0.1, -0.05) is 18.2 Å². The molecule has 3 aromatic heterocycles. The molecule has 130 valence electrons. The molecule has 0 aliphatic heterocycles. The zero-order valence-electron chi connectivity index (χ0n) is 13.7. The molecule has 3 heterocycles. The number of carbonyl (C=O) groups is 1. The van der Waals surface area contributed by atoms with E-state index >= 15 is 0 Å². The molecule has 0 atom stereocenters. The number of hydrogen-bond donors (Lipinski definition) is 1. The normalized spacial score (nSPS) is 10.9. The van der Waals surface area contributed by atoms with Gasteiger partial charge in [-0.3, -0.25) is 9.20 Å². The van der Waals surface area contributed by atoms with E-state index in [4.69, 9.17) is 0 Å². The van der Waals surface area contributed by atoms with Crippen LogP contribution in [0, 0.1) is 0 Å². The van der Waals surface area contributed by atoms with Crippen molar-refractivity contribution in [1.29, 1.82) is 0 Å². The molecule has 4 rings (SSSR count). The van der Waals surface area contributed by atoms with Crippen LogP contribution in [-0.4, -0.2) is 25.5 Å². The summed E-state index contributed by atoms with van der Waals surface area (Å²) in [7, 11) is 0. The summed E-state index contributed by atoms with van der Waals surface area (Å²) < 4.78 is 1.86. The van der Waals surface area contributed by atoms with E-state index in [2.05, 4.69) is 20.5 Å². The summed E-state index contributed by atoms with van der Waals surface area (Å²) in [6.07, 6.45) is 1.88. The summed E-state index contributed by atoms with van der Waals surface area (Å²) >= 11 is 3.18. The summed E-state index contributed by atoms with van der Waals surface area (Å²) in [5, 5.41) is 13.2. The van der Waals surface area contributed by atoms with Crippen molar-refractivity contribution in [3.63, 3.8) is 0 Å².